The average molecular weight is 200 g/mol. The summed E-state index contributed by atoms with van der Waals surface area (Å²) in [6.45, 7) is 1.83. The lowest BCUT2D eigenvalue weighted by atomic mass is 10.2. The van der Waals surface area contributed by atoms with E-state index >= 15 is 0 Å². The predicted octanol–water partition coefficient (Wildman–Crippen LogP) is 1.35. The Kier molecular flexibility index (Phi) is 2.58. The number of nitrogens with zero attached hydrogens (tertiary/aromatic N) is 3. The Hall–Kier alpha value is -1.97. The van der Waals surface area contributed by atoms with Crippen molar-refractivity contribution in [3.8, 4) is 0 Å². The van der Waals surface area contributed by atoms with Crippen LogP contribution in [0.2, 0.25) is 0 Å². The van der Waals surface area contributed by atoms with Crippen LogP contribution < -0.4 is 5.73 Å². The third-order valence-corrected chi connectivity index (χ3v) is 2.00. The molecule has 0 aliphatic rings. The first-order chi connectivity index (χ1) is 7.24. The maximum absolute atomic E-state index is 5.64. The summed E-state index contributed by atoms with van der Waals surface area (Å²) in [5.74, 6) is 1.20. The van der Waals surface area contributed by atoms with Gasteiger partial charge in [-0.3, -0.25) is 4.98 Å². The fourth-order valence-electron chi connectivity index (χ4n) is 1.43. The largest absolute Gasteiger partial charge is 0.384 e. The molecule has 4 nitrogen and oxygen atoms in total. The van der Waals surface area contributed by atoms with Gasteiger partial charge >= 0.3 is 0 Å². The van der Waals surface area contributed by atoms with E-state index in [0.29, 0.717) is 18.1 Å². The molecule has 0 aliphatic carbocycles. The Morgan fingerprint density at radius 3 is 2.73 bits per heavy atom. The summed E-state index contributed by atoms with van der Waals surface area (Å²) in [5.41, 5.74) is 7.52. The molecule has 0 radical (unpaired) electrons. The van der Waals surface area contributed by atoms with Crippen molar-refractivity contribution in [1.82, 2.24) is 15.0 Å². The van der Waals surface area contributed by atoms with Gasteiger partial charge in [-0.25, -0.2) is 9.97 Å². The van der Waals surface area contributed by atoms with Gasteiger partial charge in [-0.05, 0) is 19.1 Å². The Labute approximate surface area is 88.2 Å². The fourth-order valence-corrected chi connectivity index (χ4v) is 1.43. The first-order valence-electron chi connectivity index (χ1n) is 4.74. The third-order valence-electron chi connectivity index (χ3n) is 2.00. The van der Waals surface area contributed by atoms with Gasteiger partial charge < -0.3 is 5.73 Å². The number of aryl methyl sites for hydroxylation is 1. The summed E-state index contributed by atoms with van der Waals surface area (Å²) in [4.78, 5) is 12.6. The summed E-state index contributed by atoms with van der Waals surface area (Å²) in [7, 11) is 0. The van der Waals surface area contributed by atoms with Crippen LogP contribution in [0.4, 0.5) is 5.82 Å². The van der Waals surface area contributed by atoms with Crippen molar-refractivity contribution < 1.29 is 0 Å². The van der Waals surface area contributed by atoms with Crippen LogP contribution in [0, 0.1) is 6.92 Å². The highest BCUT2D eigenvalue weighted by molar-refractivity contribution is 5.31. The van der Waals surface area contributed by atoms with Gasteiger partial charge in [0.1, 0.15) is 11.6 Å². The maximum atomic E-state index is 5.64. The van der Waals surface area contributed by atoms with Crippen molar-refractivity contribution in [2.45, 2.75) is 13.3 Å². The number of pyridine rings is 1. The van der Waals surface area contributed by atoms with Gasteiger partial charge in [0, 0.05) is 24.4 Å². The molecule has 2 rings (SSSR count). The van der Waals surface area contributed by atoms with E-state index in [2.05, 4.69) is 15.0 Å². The lowest BCUT2D eigenvalue weighted by molar-refractivity contribution is 0.951. The Morgan fingerprint density at radius 2 is 2.07 bits per heavy atom. The predicted molar refractivity (Wildman–Crippen MR) is 58.2 cm³/mol. The molecule has 0 atom stereocenters. The van der Waals surface area contributed by atoms with Crippen molar-refractivity contribution in [1.29, 1.82) is 0 Å². The van der Waals surface area contributed by atoms with E-state index in [1.165, 1.54) is 0 Å². The second kappa shape index (κ2) is 4.04. The highest BCUT2D eigenvalue weighted by atomic mass is 14.9. The van der Waals surface area contributed by atoms with E-state index in [1.54, 1.807) is 12.3 Å². The van der Waals surface area contributed by atoms with Crippen molar-refractivity contribution in [2.24, 2.45) is 0 Å². The molecule has 15 heavy (non-hydrogen) atoms. The topological polar surface area (TPSA) is 64.7 Å². The Balaban J connectivity index is 2.25. The normalized spacial score (nSPS) is 10.2. The Morgan fingerprint density at radius 1 is 1.20 bits per heavy atom. The lowest BCUT2D eigenvalue weighted by Crippen LogP contribution is -2.01. The number of hydrogen-bond donors (Lipinski definition) is 1. The summed E-state index contributed by atoms with van der Waals surface area (Å²) < 4.78 is 0. The molecule has 2 heterocycles. The van der Waals surface area contributed by atoms with Gasteiger partial charge in [-0.1, -0.05) is 6.07 Å². The molecule has 0 aliphatic heterocycles. The van der Waals surface area contributed by atoms with E-state index < -0.39 is 0 Å². The number of hydrogen-bond acceptors (Lipinski definition) is 4. The van der Waals surface area contributed by atoms with Gasteiger partial charge in [0.25, 0.3) is 0 Å². The monoisotopic (exact) mass is 200 g/mol. The molecular formula is C11H12N4. The molecular weight excluding hydrogens is 188 g/mol. The zero-order chi connectivity index (χ0) is 10.7. The van der Waals surface area contributed by atoms with Crippen LogP contribution in [-0.4, -0.2) is 15.0 Å². The van der Waals surface area contributed by atoms with Crippen LogP contribution in [0.5, 0.6) is 0 Å². The maximum Gasteiger partial charge on any atom is 0.127 e. The molecule has 0 amide bonds. The van der Waals surface area contributed by atoms with E-state index in [9.17, 15) is 0 Å². The van der Waals surface area contributed by atoms with Gasteiger partial charge in [0.15, 0.2) is 0 Å². The minimum atomic E-state index is 0.508. The molecule has 4 heteroatoms. The fraction of sp³-hybridized carbons (Fsp3) is 0.182. The number of aromatic nitrogens is 3. The number of rotatable bonds is 2. The van der Waals surface area contributed by atoms with Crippen LogP contribution in [-0.2, 0) is 6.42 Å². The summed E-state index contributed by atoms with van der Waals surface area (Å²) in [6.07, 6.45) is 2.46. The quantitative estimate of drug-likeness (QED) is 0.794. The SMILES string of the molecule is Cc1nc(N)cc(Cc2ccccn2)n1. The molecule has 0 spiro atoms. The molecule has 0 saturated carbocycles. The molecule has 2 aromatic heterocycles. The number of anilines is 1. The van der Waals surface area contributed by atoms with Crippen molar-refractivity contribution in [3.63, 3.8) is 0 Å². The highest BCUT2D eigenvalue weighted by Gasteiger charge is 2.01. The minimum Gasteiger partial charge on any atom is -0.384 e. The lowest BCUT2D eigenvalue weighted by Gasteiger charge is -2.02. The van der Waals surface area contributed by atoms with Crippen LogP contribution in [0.3, 0.4) is 0 Å². The molecule has 0 fully saturated rings. The molecule has 2 aromatic rings. The van der Waals surface area contributed by atoms with Gasteiger partial charge in [0.2, 0.25) is 0 Å². The van der Waals surface area contributed by atoms with E-state index in [-0.39, 0.29) is 0 Å². The second-order valence-electron chi connectivity index (χ2n) is 3.33. The standard InChI is InChI=1S/C11H12N4/c1-8-14-10(7-11(12)15-8)6-9-4-2-3-5-13-9/h2-5,7H,6H2,1H3,(H2,12,14,15). The van der Waals surface area contributed by atoms with E-state index in [4.69, 9.17) is 5.73 Å². The zero-order valence-electron chi connectivity index (χ0n) is 8.51. The molecule has 76 valence electrons. The third kappa shape index (κ3) is 2.49. The average Bonchev–Trinajstić information content (AvgIpc) is 2.17. The van der Waals surface area contributed by atoms with Crippen LogP contribution in [0.15, 0.2) is 30.5 Å². The summed E-state index contributed by atoms with van der Waals surface area (Å²) in [5, 5.41) is 0. The van der Waals surface area contributed by atoms with Crippen LogP contribution in [0.25, 0.3) is 0 Å². The second-order valence-corrected chi connectivity index (χ2v) is 3.33. The summed E-state index contributed by atoms with van der Waals surface area (Å²) >= 11 is 0. The molecule has 0 aromatic carbocycles. The first-order valence-corrected chi connectivity index (χ1v) is 4.74. The van der Waals surface area contributed by atoms with Gasteiger partial charge in [-0.2, -0.15) is 0 Å². The number of nitrogens with two attached hydrogens (primary N) is 1. The van der Waals surface area contributed by atoms with Crippen LogP contribution in [0.1, 0.15) is 17.2 Å². The molecule has 0 unspecified atom stereocenters. The zero-order valence-corrected chi connectivity index (χ0v) is 8.51. The highest BCUT2D eigenvalue weighted by Crippen LogP contribution is 2.07. The van der Waals surface area contributed by atoms with Crippen molar-refractivity contribution in [3.05, 3.63) is 47.7 Å². The van der Waals surface area contributed by atoms with Crippen molar-refractivity contribution >= 4 is 5.82 Å². The minimum absolute atomic E-state index is 0.508. The van der Waals surface area contributed by atoms with Gasteiger partial charge in [0.05, 0.1) is 5.69 Å². The Bertz CT molecular complexity index is 433. The van der Waals surface area contributed by atoms with Crippen molar-refractivity contribution in [2.75, 3.05) is 5.73 Å². The van der Waals surface area contributed by atoms with E-state index in [1.807, 2.05) is 25.1 Å². The summed E-state index contributed by atoms with van der Waals surface area (Å²) in [6, 6.07) is 7.60. The molecule has 0 bridgehead atoms. The molecule has 2 N–H and O–H groups in total. The first kappa shape index (κ1) is 9.58. The van der Waals surface area contributed by atoms with E-state index in [0.717, 1.165) is 11.4 Å². The van der Waals surface area contributed by atoms with Gasteiger partial charge in [-0.15, -0.1) is 0 Å². The van der Waals surface area contributed by atoms with Crippen LogP contribution >= 0.6 is 0 Å². The number of nitrogen functional groups attached to an aromatic ring is 1. The smallest absolute Gasteiger partial charge is 0.127 e. The molecule has 0 saturated heterocycles.